The molecule has 3 aromatic carbocycles. The summed E-state index contributed by atoms with van der Waals surface area (Å²) in [7, 11) is 1.61. The van der Waals surface area contributed by atoms with Gasteiger partial charge in [-0.15, -0.1) is 0 Å². The molecule has 5 rings (SSSR count). The molecule has 0 atom stereocenters. The Bertz CT molecular complexity index is 1810. The van der Waals surface area contributed by atoms with Gasteiger partial charge in [0.25, 0.3) is 11.5 Å². The van der Waals surface area contributed by atoms with Crippen molar-refractivity contribution in [3.63, 3.8) is 0 Å². The number of benzene rings is 3. The number of aromatic nitrogens is 4. The predicted octanol–water partition coefficient (Wildman–Crippen LogP) is 4.71. The van der Waals surface area contributed by atoms with Crippen LogP contribution in [0.25, 0.3) is 17.0 Å². The maximum Gasteiger partial charge on any atom is 0.266 e. The zero-order valence-corrected chi connectivity index (χ0v) is 21.8. The fraction of sp³-hybridized carbons (Fsp3) is 0.100. The van der Waals surface area contributed by atoms with Crippen LogP contribution in [0.4, 0.5) is 20.4 Å². The summed E-state index contributed by atoms with van der Waals surface area (Å²) in [5, 5.41) is 6.67. The number of fused-ring (bicyclic) bond motifs is 1. The van der Waals surface area contributed by atoms with Crippen molar-refractivity contribution >= 4 is 34.5 Å². The molecule has 0 bridgehead atoms. The lowest BCUT2D eigenvalue weighted by molar-refractivity contribution is 0.0955. The van der Waals surface area contributed by atoms with Crippen LogP contribution in [-0.4, -0.2) is 39.1 Å². The Morgan fingerprint density at radius 1 is 1.02 bits per heavy atom. The zero-order valence-electron chi connectivity index (χ0n) is 21.8. The molecule has 11 heteroatoms. The summed E-state index contributed by atoms with van der Waals surface area (Å²) < 4.78 is 33.0. The highest BCUT2D eigenvalue weighted by molar-refractivity contribution is 5.93. The third kappa shape index (κ3) is 6.59. The van der Waals surface area contributed by atoms with E-state index in [1.54, 1.807) is 19.4 Å². The Balaban J connectivity index is 1.19. The Hall–Kier alpha value is -5.45. The lowest BCUT2D eigenvalue weighted by Crippen LogP contribution is -2.33. The van der Waals surface area contributed by atoms with E-state index in [1.807, 2.05) is 48.5 Å². The summed E-state index contributed by atoms with van der Waals surface area (Å²) in [5.41, 5.74) is 2.07. The van der Waals surface area contributed by atoms with Gasteiger partial charge in [0.15, 0.2) is 11.6 Å². The van der Waals surface area contributed by atoms with E-state index in [4.69, 9.17) is 4.74 Å². The van der Waals surface area contributed by atoms with Crippen molar-refractivity contribution in [2.75, 3.05) is 19.0 Å². The average molecular weight is 555 g/mol. The minimum atomic E-state index is -1.02. The number of ether oxygens (including phenoxy) is 1. The number of methoxy groups -OCH3 is 1. The van der Waals surface area contributed by atoms with Crippen molar-refractivity contribution in [3.8, 4) is 5.75 Å². The predicted molar refractivity (Wildman–Crippen MR) is 151 cm³/mol. The largest absolute Gasteiger partial charge is 0.497 e. The van der Waals surface area contributed by atoms with Crippen molar-refractivity contribution in [1.82, 2.24) is 24.8 Å². The second-order valence-corrected chi connectivity index (χ2v) is 8.97. The Morgan fingerprint density at radius 2 is 1.85 bits per heavy atom. The molecule has 0 saturated carbocycles. The molecule has 0 fully saturated rings. The minimum absolute atomic E-state index is 0.0607. The number of rotatable bonds is 9. The number of anilines is 2. The van der Waals surface area contributed by atoms with Crippen LogP contribution < -0.4 is 20.9 Å². The normalized spacial score (nSPS) is 11.1. The number of hydrogen-bond acceptors (Lipinski definition) is 7. The molecule has 2 aromatic heterocycles. The molecule has 9 nitrogen and oxygen atoms in total. The SMILES string of the molecule is COc1ccc(Nc2ncc3cc(C=CCNC(=O)c4cncn(Cc5ccc(F)c(F)c5)c4=O)ccc3n2)cc1. The number of nitrogens with one attached hydrogen (secondary N) is 2. The fourth-order valence-corrected chi connectivity index (χ4v) is 4.01. The highest BCUT2D eigenvalue weighted by Crippen LogP contribution is 2.20. The van der Waals surface area contributed by atoms with E-state index >= 15 is 0 Å². The van der Waals surface area contributed by atoms with Crippen molar-refractivity contribution in [2.24, 2.45) is 0 Å². The number of hydrogen-bond donors (Lipinski definition) is 2. The number of nitrogens with zero attached hydrogens (tertiary/aromatic N) is 4. The van der Waals surface area contributed by atoms with Gasteiger partial charge < -0.3 is 15.4 Å². The second kappa shape index (κ2) is 12.2. The molecule has 0 aliphatic carbocycles. The highest BCUT2D eigenvalue weighted by Gasteiger charge is 2.13. The summed E-state index contributed by atoms with van der Waals surface area (Å²) in [6.45, 7) is 0.102. The average Bonchev–Trinajstić information content (AvgIpc) is 2.98. The molecule has 0 saturated heterocycles. The van der Waals surface area contributed by atoms with Crippen LogP contribution in [0.15, 0.2) is 90.3 Å². The Morgan fingerprint density at radius 3 is 2.63 bits per heavy atom. The Labute approximate surface area is 233 Å². The van der Waals surface area contributed by atoms with Gasteiger partial charge >= 0.3 is 0 Å². The summed E-state index contributed by atoms with van der Waals surface area (Å²) in [6, 6.07) is 16.5. The van der Waals surface area contributed by atoms with Gasteiger partial charge in [-0.25, -0.2) is 23.7 Å². The summed E-state index contributed by atoms with van der Waals surface area (Å²) >= 11 is 0. The van der Waals surface area contributed by atoms with E-state index < -0.39 is 23.1 Å². The molecular weight excluding hydrogens is 530 g/mol. The van der Waals surface area contributed by atoms with Crippen LogP contribution in [0, 0.1) is 11.6 Å². The molecular formula is C30H24F2N6O3. The van der Waals surface area contributed by atoms with Gasteiger partial charge in [-0.1, -0.05) is 24.3 Å². The molecule has 41 heavy (non-hydrogen) atoms. The van der Waals surface area contributed by atoms with E-state index in [9.17, 15) is 18.4 Å². The van der Waals surface area contributed by atoms with Crippen LogP contribution in [-0.2, 0) is 6.54 Å². The van der Waals surface area contributed by atoms with Gasteiger partial charge in [-0.2, -0.15) is 0 Å². The van der Waals surface area contributed by atoms with Gasteiger partial charge in [0.1, 0.15) is 11.3 Å². The van der Waals surface area contributed by atoms with Crippen LogP contribution >= 0.6 is 0 Å². The maximum atomic E-state index is 13.5. The van der Waals surface area contributed by atoms with Crippen LogP contribution in [0.2, 0.25) is 0 Å². The van der Waals surface area contributed by atoms with Crippen molar-refractivity contribution in [3.05, 3.63) is 124 Å². The standard InChI is InChI=1S/C30H24F2N6O3/c1-41-23-8-6-22(7-9-23)36-30-35-15-21-13-19(5-11-27(21)37-30)3-2-12-34-28(39)24-16-33-18-38(29(24)40)17-20-4-10-25(31)26(32)14-20/h2-11,13-16,18H,12,17H2,1H3,(H,34,39)(H,35,36,37). The zero-order chi connectivity index (χ0) is 28.8. The molecule has 0 aliphatic heterocycles. The van der Waals surface area contributed by atoms with Gasteiger partial charge in [-0.3, -0.25) is 14.2 Å². The number of carbonyl (C=O) groups excluding carboxylic acids is 1. The summed E-state index contributed by atoms with van der Waals surface area (Å²) in [6.07, 6.45) is 7.71. The second-order valence-electron chi connectivity index (χ2n) is 8.97. The van der Waals surface area contributed by atoms with Gasteiger partial charge in [-0.05, 0) is 59.7 Å². The fourth-order valence-electron chi connectivity index (χ4n) is 4.01. The third-order valence-corrected chi connectivity index (χ3v) is 6.12. The molecule has 2 heterocycles. The van der Waals surface area contributed by atoms with Crippen LogP contribution in [0.5, 0.6) is 5.75 Å². The summed E-state index contributed by atoms with van der Waals surface area (Å²) in [4.78, 5) is 38.2. The molecule has 0 radical (unpaired) electrons. The first-order valence-corrected chi connectivity index (χ1v) is 12.5. The van der Waals surface area contributed by atoms with E-state index in [0.29, 0.717) is 11.5 Å². The third-order valence-electron chi connectivity index (χ3n) is 6.12. The lowest BCUT2D eigenvalue weighted by Gasteiger charge is -2.08. The number of carbonyl (C=O) groups is 1. The van der Waals surface area contributed by atoms with E-state index in [-0.39, 0.29) is 18.7 Å². The van der Waals surface area contributed by atoms with E-state index in [0.717, 1.165) is 44.6 Å². The van der Waals surface area contributed by atoms with Crippen molar-refractivity contribution < 1.29 is 18.3 Å². The first kappa shape index (κ1) is 27.1. The molecule has 2 N–H and O–H groups in total. The van der Waals surface area contributed by atoms with Crippen LogP contribution in [0.1, 0.15) is 21.5 Å². The van der Waals surface area contributed by atoms with Gasteiger partial charge in [0, 0.05) is 30.0 Å². The maximum absolute atomic E-state index is 13.5. The molecule has 0 unspecified atom stereocenters. The summed E-state index contributed by atoms with van der Waals surface area (Å²) in [5.74, 6) is -1.38. The van der Waals surface area contributed by atoms with E-state index in [1.165, 1.54) is 18.6 Å². The molecule has 0 aliphatic rings. The number of halogens is 2. The molecule has 1 amide bonds. The monoisotopic (exact) mass is 554 g/mol. The van der Waals surface area contributed by atoms with Crippen molar-refractivity contribution in [1.29, 1.82) is 0 Å². The minimum Gasteiger partial charge on any atom is -0.497 e. The quantitative estimate of drug-likeness (QED) is 0.272. The van der Waals surface area contributed by atoms with Crippen molar-refractivity contribution in [2.45, 2.75) is 6.54 Å². The van der Waals surface area contributed by atoms with Gasteiger partial charge in [0.2, 0.25) is 5.95 Å². The molecule has 0 spiro atoms. The topological polar surface area (TPSA) is 111 Å². The van der Waals surface area contributed by atoms with Gasteiger partial charge in [0.05, 0.1) is 25.5 Å². The first-order chi connectivity index (χ1) is 19.9. The highest BCUT2D eigenvalue weighted by atomic mass is 19.2. The number of amides is 1. The molecule has 206 valence electrons. The van der Waals surface area contributed by atoms with Crippen LogP contribution in [0.3, 0.4) is 0 Å². The smallest absolute Gasteiger partial charge is 0.266 e. The Kier molecular flexibility index (Phi) is 8.05. The first-order valence-electron chi connectivity index (χ1n) is 12.5. The van der Waals surface area contributed by atoms with E-state index in [2.05, 4.69) is 25.6 Å². The molecule has 5 aromatic rings. The lowest BCUT2D eigenvalue weighted by atomic mass is 10.1.